The molecule has 1 unspecified atom stereocenters. The number of hydrogen-bond acceptors (Lipinski definition) is 5. The second-order valence-corrected chi connectivity index (χ2v) is 5.18. The van der Waals surface area contributed by atoms with E-state index in [1.54, 1.807) is 0 Å². The second-order valence-electron chi connectivity index (χ2n) is 5.18. The van der Waals surface area contributed by atoms with Gasteiger partial charge in [-0.2, -0.15) is 0 Å². The quantitative estimate of drug-likeness (QED) is 0.596. The van der Waals surface area contributed by atoms with Crippen molar-refractivity contribution in [1.29, 1.82) is 0 Å². The highest BCUT2D eigenvalue weighted by molar-refractivity contribution is 5.37. The van der Waals surface area contributed by atoms with E-state index in [0.717, 1.165) is 24.2 Å². The van der Waals surface area contributed by atoms with Gasteiger partial charge in [0.25, 0.3) is 0 Å². The summed E-state index contributed by atoms with van der Waals surface area (Å²) >= 11 is 0. The first-order valence-electron chi connectivity index (χ1n) is 7.67. The molecule has 1 saturated heterocycles. The number of hydrogen-bond donors (Lipinski definition) is 2. The van der Waals surface area contributed by atoms with Crippen molar-refractivity contribution in [2.75, 3.05) is 26.4 Å². The first-order valence-corrected chi connectivity index (χ1v) is 7.67. The molecule has 1 aromatic carbocycles. The molecule has 0 aromatic heterocycles. The van der Waals surface area contributed by atoms with Crippen LogP contribution in [0.1, 0.15) is 38.3 Å². The lowest BCUT2D eigenvalue weighted by Gasteiger charge is -2.43. The topological polar surface area (TPSA) is 65.7 Å². The fourth-order valence-electron chi connectivity index (χ4n) is 3.05. The van der Waals surface area contributed by atoms with E-state index in [1.807, 2.05) is 38.1 Å². The molecule has 5 nitrogen and oxygen atoms in total. The molecular weight excluding hydrogens is 268 g/mol. The van der Waals surface area contributed by atoms with Crippen LogP contribution >= 0.6 is 0 Å². The van der Waals surface area contributed by atoms with E-state index in [4.69, 9.17) is 20.1 Å². The van der Waals surface area contributed by atoms with Crippen LogP contribution in [0.3, 0.4) is 0 Å². The molecule has 0 spiro atoms. The van der Waals surface area contributed by atoms with Crippen molar-refractivity contribution >= 4 is 0 Å². The van der Waals surface area contributed by atoms with Gasteiger partial charge in [-0.25, -0.2) is 5.43 Å². The van der Waals surface area contributed by atoms with E-state index in [1.165, 1.54) is 0 Å². The van der Waals surface area contributed by atoms with Crippen molar-refractivity contribution in [3.63, 3.8) is 0 Å². The molecule has 0 saturated carbocycles. The van der Waals surface area contributed by atoms with Crippen LogP contribution in [0.4, 0.5) is 0 Å². The zero-order valence-electron chi connectivity index (χ0n) is 12.9. The van der Waals surface area contributed by atoms with Crippen molar-refractivity contribution < 1.29 is 14.2 Å². The Morgan fingerprint density at radius 2 is 1.95 bits per heavy atom. The Morgan fingerprint density at radius 1 is 1.24 bits per heavy atom. The molecular formula is C16H26N2O3. The molecule has 0 amide bonds. The minimum absolute atomic E-state index is 0.121. The van der Waals surface area contributed by atoms with Gasteiger partial charge in [-0.05, 0) is 19.9 Å². The van der Waals surface area contributed by atoms with Crippen molar-refractivity contribution in [3.8, 4) is 5.75 Å². The van der Waals surface area contributed by atoms with Crippen molar-refractivity contribution in [2.24, 2.45) is 5.84 Å². The summed E-state index contributed by atoms with van der Waals surface area (Å²) in [5.74, 6) is 6.74. The van der Waals surface area contributed by atoms with Crippen LogP contribution < -0.4 is 16.0 Å². The highest BCUT2D eigenvalue weighted by Crippen LogP contribution is 2.40. The Hall–Kier alpha value is -1.14. The van der Waals surface area contributed by atoms with Gasteiger partial charge in [-0.1, -0.05) is 18.2 Å². The molecule has 21 heavy (non-hydrogen) atoms. The standard InChI is InChI=1S/C16H26N2O3/c1-3-20-14-8-6-5-7-13(14)15(18-17)16(21-4-2)9-11-19-12-10-16/h5-8,15,18H,3-4,9-12,17H2,1-2H3. The van der Waals surface area contributed by atoms with E-state index in [2.05, 4.69) is 5.43 Å². The van der Waals surface area contributed by atoms with Gasteiger partial charge in [0, 0.05) is 38.2 Å². The van der Waals surface area contributed by atoms with Crippen LogP contribution in [0.5, 0.6) is 5.75 Å². The average Bonchev–Trinajstić information content (AvgIpc) is 2.51. The molecule has 1 heterocycles. The first-order chi connectivity index (χ1) is 10.3. The molecule has 1 fully saturated rings. The van der Waals surface area contributed by atoms with Crippen molar-refractivity contribution in [1.82, 2.24) is 5.43 Å². The summed E-state index contributed by atoms with van der Waals surface area (Å²) in [7, 11) is 0. The third-order valence-corrected chi connectivity index (χ3v) is 3.99. The molecule has 0 bridgehead atoms. The number of nitrogens with one attached hydrogen (secondary N) is 1. The molecule has 1 aliphatic heterocycles. The van der Waals surface area contributed by atoms with Crippen LogP contribution in [-0.4, -0.2) is 32.0 Å². The summed E-state index contributed by atoms with van der Waals surface area (Å²) in [6, 6.07) is 7.87. The maximum Gasteiger partial charge on any atom is 0.124 e. The fourth-order valence-corrected chi connectivity index (χ4v) is 3.05. The van der Waals surface area contributed by atoms with Crippen LogP contribution in [0, 0.1) is 0 Å². The largest absolute Gasteiger partial charge is 0.494 e. The van der Waals surface area contributed by atoms with E-state index in [-0.39, 0.29) is 11.6 Å². The highest BCUT2D eigenvalue weighted by Gasteiger charge is 2.42. The summed E-state index contributed by atoms with van der Waals surface area (Å²) in [6.07, 6.45) is 1.63. The van der Waals surface area contributed by atoms with Gasteiger partial charge in [0.05, 0.1) is 18.2 Å². The number of nitrogens with two attached hydrogens (primary N) is 1. The predicted octanol–water partition coefficient (Wildman–Crippen LogP) is 2.18. The zero-order valence-corrected chi connectivity index (χ0v) is 12.9. The maximum atomic E-state index is 6.13. The fraction of sp³-hybridized carbons (Fsp3) is 0.625. The third kappa shape index (κ3) is 3.55. The molecule has 1 aromatic rings. The Bertz CT molecular complexity index is 428. The lowest BCUT2D eigenvalue weighted by Crippen LogP contribution is -2.51. The first kappa shape index (κ1) is 16.2. The van der Waals surface area contributed by atoms with Crippen LogP contribution in [0.2, 0.25) is 0 Å². The Balaban J connectivity index is 2.36. The molecule has 1 aliphatic rings. The maximum absolute atomic E-state index is 6.13. The van der Waals surface area contributed by atoms with Crippen LogP contribution in [0.25, 0.3) is 0 Å². The van der Waals surface area contributed by atoms with Crippen molar-refractivity contribution in [3.05, 3.63) is 29.8 Å². The van der Waals surface area contributed by atoms with Gasteiger partial charge in [0.2, 0.25) is 0 Å². The molecule has 0 radical (unpaired) electrons. The molecule has 2 rings (SSSR count). The lowest BCUT2D eigenvalue weighted by molar-refractivity contribution is -0.128. The summed E-state index contributed by atoms with van der Waals surface area (Å²) in [5.41, 5.74) is 3.64. The van der Waals surface area contributed by atoms with Crippen molar-refractivity contribution in [2.45, 2.75) is 38.3 Å². The minimum Gasteiger partial charge on any atom is -0.494 e. The van der Waals surface area contributed by atoms with Gasteiger partial charge < -0.3 is 14.2 Å². The summed E-state index contributed by atoms with van der Waals surface area (Å²) in [5, 5.41) is 0. The summed E-state index contributed by atoms with van der Waals surface area (Å²) in [4.78, 5) is 0. The summed E-state index contributed by atoms with van der Waals surface area (Å²) < 4.78 is 17.4. The molecule has 1 atom stereocenters. The van der Waals surface area contributed by atoms with E-state index < -0.39 is 0 Å². The van der Waals surface area contributed by atoms with E-state index in [0.29, 0.717) is 26.4 Å². The van der Waals surface area contributed by atoms with Gasteiger partial charge >= 0.3 is 0 Å². The average molecular weight is 294 g/mol. The lowest BCUT2D eigenvalue weighted by atomic mass is 9.82. The zero-order chi connectivity index (χ0) is 15.1. The van der Waals surface area contributed by atoms with E-state index in [9.17, 15) is 0 Å². The third-order valence-electron chi connectivity index (χ3n) is 3.99. The Morgan fingerprint density at radius 3 is 2.57 bits per heavy atom. The Kier molecular flexibility index (Phi) is 5.99. The minimum atomic E-state index is -0.352. The van der Waals surface area contributed by atoms with E-state index >= 15 is 0 Å². The SMILES string of the molecule is CCOc1ccccc1C(NN)C1(OCC)CCOCC1. The summed E-state index contributed by atoms with van der Waals surface area (Å²) in [6.45, 7) is 6.64. The molecule has 0 aliphatic carbocycles. The Labute approximate surface area is 126 Å². The van der Waals surface area contributed by atoms with Crippen LogP contribution in [-0.2, 0) is 9.47 Å². The number of ether oxygens (including phenoxy) is 3. The number of hydrazine groups is 1. The number of rotatable bonds is 7. The van der Waals surface area contributed by atoms with Gasteiger partial charge in [-0.3, -0.25) is 5.84 Å². The monoisotopic (exact) mass is 294 g/mol. The van der Waals surface area contributed by atoms with Gasteiger partial charge in [-0.15, -0.1) is 0 Å². The molecule has 3 N–H and O–H groups in total. The molecule has 118 valence electrons. The number of para-hydroxylation sites is 1. The molecule has 5 heteroatoms. The second kappa shape index (κ2) is 7.75. The number of benzene rings is 1. The van der Waals surface area contributed by atoms with Gasteiger partial charge in [0.15, 0.2) is 0 Å². The normalized spacial score (nSPS) is 19.2. The highest BCUT2D eigenvalue weighted by atomic mass is 16.5. The van der Waals surface area contributed by atoms with Crippen LogP contribution in [0.15, 0.2) is 24.3 Å². The smallest absolute Gasteiger partial charge is 0.124 e. The van der Waals surface area contributed by atoms with Gasteiger partial charge in [0.1, 0.15) is 5.75 Å². The predicted molar refractivity (Wildman–Crippen MR) is 82.1 cm³/mol.